The molecule has 0 saturated carbocycles. The number of aromatic nitrogens is 1. The number of rotatable bonds is 6. The molecule has 0 saturated heterocycles. The number of thiophene rings is 1. The van der Waals surface area contributed by atoms with E-state index in [1.165, 1.54) is 11.3 Å². The number of methoxy groups -OCH3 is 1. The molecule has 0 bridgehead atoms. The molecule has 0 spiro atoms. The maximum atomic E-state index is 13.2. The predicted molar refractivity (Wildman–Crippen MR) is 127 cm³/mol. The van der Waals surface area contributed by atoms with Gasteiger partial charge in [-0.05, 0) is 31.5 Å². The highest BCUT2D eigenvalue weighted by molar-refractivity contribution is 7.21. The molecule has 0 aliphatic heterocycles. The number of hydrogen-bond acceptors (Lipinski definition) is 7. The summed E-state index contributed by atoms with van der Waals surface area (Å²) in [6.45, 7) is 3.74. The van der Waals surface area contributed by atoms with Gasteiger partial charge in [0.25, 0.3) is 0 Å². The SMILES string of the molecule is CCOC(=O)c1c(C)nc2sc(C(=O)c3ccccc3)c(N)c2c1-c1ccc(OC)cc1. The van der Waals surface area contributed by atoms with Crippen LogP contribution in [-0.2, 0) is 4.74 Å². The molecule has 0 radical (unpaired) electrons. The van der Waals surface area contributed by atoms with E-state index in [1.54, 1.807) is 45.2 Å². The van der Waals surface area contributed by atoms with E-state index in [9.17, 15) is 9.59 Å². The van der Waals surface area contributed by atoms with Crippen molar-refractivity contribution in [2.75, 3.05) is 19.5 Å². The first-order valence-corrected chi connectivity index (χ1v) is 10.9. The smallest absolute Gasteiger partial charge is 0.340 e. The fourth-order valence-corrected chi connectivity index (χ4v) is 4.77. The maximum absolute atomic E-state index is 13.2. The van der Waals surface area contributed by atoms with Gasteiger partial charge < -0.3 is 15.2 Å². The van der Waals surface area contributed by atoms with Crippen molar-refractivity contribution in [3.8, 4) is 16.9 Å². The molecule has 0 fully saturated rings. The van der Waals surface area contributed by atoms with Crippen LogP contribution < -0.4 is 10.5 Å². The number of pyridine rings is 1. The van der Waals surface area contributed by atoms with E-state index >= 15 is 0 Å². The number of nitrogen functional groups attached to an aromatic ring is 1. The summed E-state index contributed by atoms with van der Waals surface area (Å²) in [7, 11) is 1.59. The zero-order chi connectivity index (χ0) is 22.8. The molecule has 0 atom stereocenters. The van der Waals surface area contributed by atoms with Crippen LogP contribution in [0.3, 0.4) is 0 Å². The van der Waals surface area contributed by atoms with Gasteiger partial charge in [0.05, 0.1) is 30.7 Å². The summed E-state index contributed by atoms with van der Waals surface area (Å²) in [6, 6.07) is 16.3. The van der Waals surface area contributed by atoms with E-state index in [4.69, 9.17) is 15.2 Å². The molecule has 0 aliphatic carbocycles. The van der Waals surface area contributed by atoms with E-state index in [-0.39, 0.29) is 12.4 Å². The predicted octanol–water partition coefficient (Wildman–Crippen LogP) is 5.27. The number of fused-ring (bicyclic) bond motifs is 1. The van der Waals surface area contributed by atoms with Crippen LogP contribution in [0.2, 0.25) is 0 Å². The first-order valence-electron chi connectivity index (χ1n) is 10.1. The Labute approximate surface area is 189 Å². The zero-order valence-corrected chi connectivity index (χ0v) is 18.8. The molecule has 0 aliphatic rings. The molecule has 2 N–H and O–H groups in total. The standard InChI is InChI=1S/C25H22N2O4S/c1-4-31-25(29)18-14(2)27-24-20(19(18)15-10-12-17(30-3)13-11-15)21(26)23(32-24)22(28)16-8-6-5-7-9-16/h5-13H,4,26H2,1-3H3. The third-order valence-electron chi connectivity index (χ3n) is 5.16. The van der Waals surface area contributed by atoms with Gasteiger partial charge in [0.2, 0.25) is 5.78 Å². The molecule has 0 amide bonds. The lowest BCUT2D eigenvalue weighted by Crippen LogP contribution is -2.10. The number of nitrogens with two attached hydrogens (primary N) is 1. The van der Waals surface area contributed by atoms with Crippen molar-refractivity contribution in [3.63, 3.8) is 0 Å². The van der Waals surface area contributed by atoms with Crippen molar-refractivity contribution in [2.45, 2.75) is 13.8 Å². The summed E-state index contributed by atoms with van der Waals surface area (Å²) in [5, 5.41) is 0.577. The van der Waals surface area contributed by atoms with Crippen LogP contribution in [-0.4, -0.2) is 30.5 Å². The van der Waals surface area contributed by atoms with Gasteiger partial charge in [-0.15, -0.1) is 11.3 Å². The lowest BCUT2D eigenvalue weighted by Gasteiger charge is -2.14. The molecule has 6 nitrogen and oxygen atoms in total. The van der Waals surface area contributed by atoms with Crippen LogP contribution in [0.4, 0.5) is 5.69 Å². The van der Waals surface area contributed by atoms with Crippen LogP contribution in [0.5, 0.6) is 5.75 Å². The molecule has 2 heterocycles. The number of ketones is 1. The second-order valence-corrected chi connectivity index (χ2v) is 8.12. The first-order chi connectivity index (χ1) is 15.5. The number of carbonyl (C=O) groups excluding carboxylic acids is 2. The average molecular weight is 447 g/mol. The van der Waals surface area contributed by atoms with Crippen LogP contribution in [0, 0.1) is 6.92 Å². The Hall–Kier alpha value is -3.71. The first kappa shape index (κ1) is 21.5. The monoisotopic (exact) mass is 446 g/mol. The highest BCUT2D eigenvalue weighted by Crippen LogP contribution is 2.43. The Morgan fingerprint density at radius 2 is 1.75 bits per heavy atom. The summed E-state index contributed by atoms with van der Waals surface area (Å²) in [5.74, 6) is 0.0283. The van der Waals surface area contributed by atoms with Crippen molar-refractivity contribution >= 4 is 39.0 Å². The summed E-state index contributed by atoms with van der Waals surface area (Å²) >= 11 is 1.23. The highest BCUT2D eigenvalue weighted by Gasteiger charge is 2.27. The van der Waals surface area contributed by atoms with Gasteiger partial charge in [-0.1, -0.05) is 42.5 Å². The second kappa shape index (κ2) is 8.80. The maximum Gasteiger partial charge on any atom is 0.340 e. The van der Waals surface area contributed by atoms with Gasteiger partial charge in [-0.2, -0.15) is 0 Å². The molecule has 2 aromatic heterocycles. The van der Waals surface area contributed by atoms with Crippen molar-refractivity contribution in [3.05, 3.63) is 76.3 Å². The summed E-state index contributed by atoms with van der Waals surface area (Å²) < 4.78 is 10.6. The van der Waals surface area contributed by atoms with E-state index in [0.29, 0.717) is 48.9 Å². The van der Waals surface area contributed by atoms with Gasteiger partial charge in [-0.25, -0.2) is 9.78 Å². The van der Waals surface area contributed by atoms with Gasteiger partial charge in [0.15, 0.2) is 0 Å². The molecule has 2 aromatic carbocycles. The number of benzene rings is 2. The third-order valence-corrected chi connectivity index (χ3v) is 6.26. The molecular weight excluding hydrogens is 424 g/mol. The topological polar surface area (TPSA) is 91.5 Å². The van der Waals surface area contributed by atoms with Gasteiger partial charge in [-0.3, -0.25) is 4.79 Å². The minimum atomic E-state index is -0.480. The van der Waals surface area contributed by atoms with E-state index in [2.05, 4.69) is 4.98 Å². The van der Waals surface area contributed by atoms with Gasteiger partial charge >= 0.3 is 5.97 Å². The van der Waals surface area contributed by atoms with E-state index in [1.807, 2.05) is 30.3 Å². The van der Waals surface area contributed by atoms with Gasteiger partial charge in [0.1, 0.15) is 15.5 Å². The minimum absolute atomic E-state index is 0.179. The second-order valence-electron chi connectivity index (χ2n) is 7.12. The number of anilines is 1. The fraction of sp³-hybridized carbons (Fsp3) is 0.160. The van der Waals surface area contributed by atoms with Crippen LogP contribution in [0.25, 0.3) is 21.3 Å². The Morgan fingerprint density at radius 3 is 2.38 bits per heavy atom. The van der Waals surface area contributed by atoms with Crippen LogP contribution in [0.1, 0.15) is 38.2 Å². The van der Waals surface area contributed by atoms with Crippen molar-refractivity contribution in [1.29, 1.82) is 0 Å². The normalized spacial score (nSPS) is 10.8. The average Bonchev–Trinajstić information content (AvgIpc) is 3.14. The van der Waals surface area contributed by atoms with Crippen LogP contribution in [0.15, 0.2) is 54.6 Å². The molecule has 7 heteroatoms. The van der Waals surface area contributed by atoms with E-state index < -0.39 is 5.97 Å². The number of nitrogens with zero attached hydrogens (tertiary/aromatic N) is 1. The largest absolute Gasteiger partial charge is 0.497 e. The molecule has 0 unspecified atom stereocenters. The zero-order valence-electron chi connectivity index (χ0n) is 18.0. The van der Waals surface area contributed by atoms with E-state index in [0.717, 1.165) is 5.56 Å². The molecule has 162 valence electrons. The quantitative estimate of drug-likeness (QED) is 0.320. The highest BCUT2D eigenvalue weighted by atomic mass is 32.1. The number of aryl methyl sites for hydroxylation is 1. The Kier molecular flexibility index (Phi) is 5.92. The van der Waals surface area contributed by atoms with Crippen molar-refractivity contribution < 1.29 is 19.1 Å². The fourth-order valence-electron chi connectivity index (χ4n) is 3.65. The lowest BCUT2D eigenvalue weighted by atomic mass is 9.95. The minimum Gasteiger partial charge on any atom is -0.497 e. The van der Waals surface area contributed by atoms with Crippen molar-refractivity contribution in [1.82, 2.24) is 4.98 Å². The molecule has 4 rings (SSSR count). The number of hydrogen-bond donors (Lipinski definition) is 1. The van der Waals surface area contributed by atoms with Crippen LogP contribution >= 0.6 is 11.3 Å². The summed E-state index contributed by atoms with van der Waals surface area (Å²) in [5.41, 5.74) is 9.61. The summed E-state index contributed by atoms with van der Waals surface area (Å²) in [6.07, 6.45) is 0. The third kappa shape index (κ3) is 3.71. The molecule has 4 aromatic rings. The Balaban J connectivity index is 2.02. The number of carbonyl (C=O) groups is 2. The number of ether oxygens (including phenoxy) is 2. The molecule has 32 heavy (non-hydrogen) atoms. The van der Waals surface area contributed by atoms with Crippen molar-refractivity contribution in [2.24, 2.45) is 0 Å². The molecular formula is C25H22N2O4S. The number of esters is 1. The Bertz CT molecular complexity index is 1310. The summed E-state index contributed by atoms with van der Waals surface area (Å²) in [4.78, 5) is 31.7. The lowest BCUT2D eigenvalue weighted by molar-refractivity contribution is 0.0526. The Morgan fingerprint density at radius 1 is 1.06 bits per heavy atom. The van der Waals surface area contributed by atoms with Gasteiger partial charge in [0, 0.05) is 16.5 Å².